The minimum atomic E-state index is -0.847. The maximum atomic E-state index is 12.5. The van der Waals surface area contributed by atoms with Crippen molar-refractivity contribution in [3.8, 4) is 23.3 Å². The van der Waals surface area contributed by atoms with Crippen LogP contribution in [0.5, 0.6) is 0 Å². The van der Waals surface area contributed by atoms with Crippen LogP contribution in [0.15, 0.2) is 48.5 Å². The number of benzene rings is 2. The van der Waals surface area contributed by atoms with Gasteiger partial charge in [0.1, 0.15) is 10.3 Å². The van der Waals surface area contributed by atoms with E-state index in [1.807, 2.05) is 36.4 Å². The molecule has 1 aliphatic rings. The zero-order valence-electron chi connectivity index (χ0n) is 19.8. The van der Waals surface area contributed by atoms with Gasteiger partial charge in [-0.2, -0.15) is 10.5 Å². The Kier molecular flexibility index (Phi) is 7.54. The lowest BCUT2D eigenvalue weighted by Crippen LogP contribution is -2.56. The molecule has 34 heavy (non-hydrogen) atoms. The molecule has 1 saturated heterocycles. The van der Waals surface area contributed by atoms with Crippen LogP contribution in [0.25, 0.3) is 11.1 Å². The van der Waals surface area contributed by atoms with Crippen LogP contribution >= 0.6 is 11.9 Å². The molecule has 0 saturated carbocycles. The Bertz CT molecular complexity index is 1120. The van der Waals surface area contributed by atoms with Crippen molar-refractivity contribution in [2.75, 3.05) is 13.1 Å². The van der Waals surface area contributed by atoms with Gasteiger partial charge in [0.15, 0.2) is 0 Å². The summed E-state index contributed by atoms with van der Waals surface area (Å²) in [5.74, 6) is -0.503. The number of likely N-dealkylation sites (tertiary alicyclic amines) is 1. The van der Waals surface area contributed by atoms with Gasteiger partial charge in [0.25, 0.3) is 0 Å². The second-order valence-corrected chi connectivity index (χ2v) is 10.9. The smallest absolute Gasteiger partial charge is 0.410 e. The Hall–Kier alpha value is -3.49. The van der Waals surface area contributed by atoms with E-state index in [0.717, 1.165) is 28.6 Å². The van der Waals surface area contributed by atoms with E-state index in [2.05, 4.69) is 16.9 Å². The molecule has 2 aromatic carbocycles. The van der Waals surface area contributed by atoms with Gasteiger partial charge >= 0.3 is 6.09 Å². The molecule has 0 aliphatic carbocycles. The molecule has 0 unspecified atom stereocenters. The molecular weight excluding hydrogens is 448 g/mol. The summed E-state index contributed by atoms with van der Waals surface area (Å²) in [6.07, 6.45) is 0.0343. The third-order valence-corrected chi connectivity index (χ3v) is 6.35. The molecule has 0 bridgehead atoms. The van der Waals surface area contributed by atoms with Crippen molar-refractivity contribution in [1.29, 1.82) is 10.5 Å². The molecular formula is C26H28N4O3S. The fraction of sp³-hybridized carbons (Fsp3) is 0.385. The molecule has 7 nitrogen and oxygen atoms in total. The number of rotatable bonds is 6. The van der Waals surface area contributed by atoms with Gasteiger partial charge in [0.2, 0.25) is 5.91 Å². The van der Waals surface area contributed by atoms with Crippen molar-refractivity contribution in [2.24, 2.45) is 5.92 Å². The van der Waals surface area contributed by atoms with Crippen LogP contribution in [0.4, 0.5) is 4.79 Å². The predicted molar refractivity (Wildman–Crippen MR) is 131 cm³/mol. The number of carbonyl (C=O) groups excluding carboxylic acids is 2. The molecule has 176 valence electrons. The minimum Gasteiger partial charge on any atom is -0.444 e. The second kappa shape index (κ2) is 10.2. The lowest BCUT2D eigenvalue weighted by molar-refractivity contribution is -0.127. The number of carbonyl (C=O) groups is 2. The third kappa shape index (κ3) is 6.52. The quantitative estimate of drug-likeness (QED) is 0.607. The first-order valence-corrected chi connectivity index (χ1v) is 11.8. The number of amides is 2. The Morgan fingerprint density at radius 1 is 1.03 bits per heavy atom. The monoisotopic (exact) mass is 476 g/mol. The van der Waals surface area contributed by atoms with E-state index < -0.39 is 16.4 Å². The lowest BCUT2D eigenvalue weighted by Gasteiger charge is -2.38. The van der Waals surface area contributed by atoms with Gasteiger partial charge in [0.05, 0.1) is 23.6 Å². The van der Waals surface area contributed by atoms with E-state index in [1.54, 1.807) is 39.8 Å². The van der Waals surface area contributed by atoms with Crippen molar-refractivity contribution in [3.63, 3.8) is 0 Å². The van der Waals surface area contributed by atoms with Crippen LogP contribution in [-0.4, -0.2) is 40.3 Å². The maximum Gasteiger partial charge on any atom is 0.410 e. The number of nitriles is 2. The largest absolute Gasteiger partial charge is 0.444 e. The van der Waals surface area contributed by atoms with Gasteiger partial charge in [-0.25, -0.2) is 4.79 Å². The van der Waals surface area contributed by atoms with Crippen molar-refractivity contribution in [2.45, 2.75) is 44.5 Å². The number of hydrogen-bond donors (Lipinski definition) is 1. The summed E-state index contributed by atoms with van der Waals surface area (Å²) in [6.45, 7) is 7.81. The minimum absolute atomic E-state index is 0.192. The van der Waals surface area contributed by atoms with Crippen LogP contribution < -0.4 is 4.72 Å². The van der Waals surface area contributed by atoms with Gasteiger partial charge in [-0.3, -0.25) is 9.52 Å². The van der Waals surface area contributed by atoms with E-state index in [4.69, 9.17) is 10.00 Å². The van der Waals surface area contributed by atoms with E-state index in [1.165, 1.54) is 4.90 Å². The fourth-order valence-corrected chi connectivity index (χ4v) is 4.18. The standard InChI is InChI=1S/C26H28N4O3S/c1-25(2,3)33-24(32)30-15-22(16-30)23(31)29-34-26(4,17-28)13-18-5-9-20(10-6-18)21-11-7-19(14-27)8-12-21/h5-12,22H,13,15-16H2,1-4H3,(H,29,31)/t26-/m1/s1. The molecule has 0 radical (unpaired) electrons. The fourth-order valence-electron chi connectivity index (χ4n) is 3.41. The summed E-state index contributed by atoms with van der Waals surface area (Å²) in [5.41, 5.74) is 3.05. The number of nitrogens with one attached hydrogen (secondary N) is 1. The lowest BCUT2D eigenvalue weighted by atomic mass is 9.98. The maximum absolute atomic E-state index is 12.5. The SMILES string of the molecule is CC(C)(C)OC(=O)N1CC(C(=O)NS[C@@](C)(C#N)Cc2ccc(-c3ccc(C#N)cc3)cc2)C1. The van der Waals surface area contributed by atoms with E-state index in [-0.39, 0.29) is 11.8 Å². The van der Waals surface area contributed by atoms with Crippen molar-refractivity contribution in [3.05, 3.63) is 59.7 Å². The molecule has 0 spiro atoms. The Morgan fingerprint density at radius 3 is 2.09 bits per heavy atom. The van der Waals surface area contributed by atoms with Crippen molar-refractivity contribution in [1.82, 2.24) is 9.62 Å². The predicted octanol–water partition coefficient (Wildman–Crippen LogP) is 4.68. The normalized spacial score (nSPS) is 15.3. The molecule has 1 aliphatic heterocycles. The average molecular weight is 477 g/mol. The molecule has 1 atom stereocenters. The van der Waals surface area contributed by atoms with Crippen LogP contribution in [0.1, 0.15) is 38.8 Å². The summed E-state index contributed by atoms with van der Waals surface area (Å²) < 4.78 is 7.26. The molecule has 1 N–H and O–H groups in total. The molecule has 2 amide bonds. The van der Waals surface area contributed by atoms with Crippen LogP contribution in [0.3, 0.4) is 0 Å². The Labute approximate surface area is 204 Å². The van der Waals surface area contributed by atoms with Crippen LogP contribution in [0, 0.1) is 28.6 Å². The zero-order valence-corrected chi connectivity index (χ0v) is 20.6. The zero-order chi connectivity index (χ0) is 24.9. The van der Waals surface area contributed by atoms with E-state index in [0.29, 0.717) is 25.1 Å². The summed E-state index contributed by atoms with van der Waals surface area (Å²) in [6, 6.07) is 19.7. The van der Waals surface area contributed by atoms with Crippen molar-refractivity contribution < 1.29 is 14.3 Å². The van der Waals surface area contributed by atoms with Crippen molar-refractivity contribution >= 4 is 23.9 Å². The summed E-state index contributed by atoms with van der Waals surface area (Å²) >= 11 is 1.10. The van der Waals surface area contributed by atoms with Gasteiger partial charge in [-0.1, -0.05) is 36.4 Å². The average Bonchev–Trinajstić information content (AvgIpc) is 2.76. The molecule has 8 heteroatoms. The highest BCUT2D eigenvalue weighted by molar-refractivity contribution is 7.99. The number of nitrogens with zero attached hydrogens (tertiary/aromatic N) is 3. The van der Waals surface area contributed by atoms with Crippen LogP contribution in [0.2, 0.25) is 0 Å². The number of ether oxygens (including phenoxy) is 1. The third-order valence-electron chi connectivity index (χ3n) is 5.36. The Balaban J connectivity index is 1.51. The Morgan fingerprint density at radius 2 is 1.59 bits per heavy atom. The molecule has 3 rings (SSSR count). The summed E-state index contributed by atoms with van der Waals surface area (Å²) in [4.78, 5) is 26.0. The first-order valence-electron chi connectivity index (χ1n) is 11.0. The van der Waals surface area contributed by atoms with Gasteiger partial charge < -0.3 is 9.64 Å². The summed E-state index contributed by atoms with van der Waals surface area (Å²) in [7, 11) is 0. The van der Waals surface area contributed by atoms with E-state index >= 15 is 0 Å². The van der Waals surface area contributed by atoms with Gasteiger partial charge in [0, 0.05) is 19.5 Å². The highest BCUT2D eigenvalue weighted by Crippen LogP contribution is 2.29. The highest BCUT2D eigenvalue weighted by atomic mass is 32.2. The van der Waals surface area contributed by atoms with Crippen LogP contribution in [-0.2, 0) is 16.0 Å². The molecule has 1 fully saturated rings. The molecule has 2 aromatic rings. The van der Waals surface area contributed by atoms with E-state index in [9.17, 15) is 14.9 Å². The van der Waals surface area contributed by atoms with Gasteiger partial charge in [-0.05, 0) is 68.5 Å². The molecule has 0 aromatic heterocycles. The first-order chi connectivity index (χ1) is 16.0. The first kappa shape index (κ1) is 25.1. The molecule has 1 heterocycles. The second-order valence-electron chi connectivity index (χ2n) is 9.56. The van der Waals surface area contributed by atoms with Gasteiger partial charge in [-0.15, -0.1) is 0 Å². The topological polar surface area (TPSA) is 106 Å². The number of hydrogen-bond acceptors (Lipinski definition) is 6. The highest BCUT2D eigenvalue weighted by Gasteiger charge is 2.39. The summed E-state index contributed by atoms with van der Waals surface area (Å²) in [5, 5.41) is 18.7.